The van der Waals surface area contributed by atoms with Gasteiger partial charge in [0, 0.05) is 11.1 Å². The highest BCUT2D eigenvalue weighted by atomic mass is 35.5. The Morgan fingerprint density at radius 3 is 1.37 bits per heavy atom. The number of nitrogens with zero attached hydrogens (tertiary/aromatic N) is 2. The Bertz CT molecular complexity index is 1860. The van der Waals surface area contributed by atoms with Crippen LogP contribution in [0.15, 0.2) is 72.8 Å². The summed E-state index contributed by atoms with van der Waals surface area (Å²) in [5, 5.41) is 2.76. The summed E-state index contributed by atoms with van der Waals surface area (Å²) in [5.41, 5.74) is 8.04. The van der Waals surface area contributed by atoms with Crippen molar-refractivity contribution < 1.29 is 28.0 Å². The maximum atomic E-state index is 14.0. The van der Waals surface area contributed by atoms with Gasteiger partial charge in [-0.25, -0.2) is 18.8 Å². The van der Waals surface area contributed by atoms with Crippen LogP contribution in [0.5, 0.6) is 0 Å². The molecule has 0 atom stereocenters. The summed E-state index contributed by atoms with van der Waals surface area (Å²) in [6.45, 7) is 18.0. The topological polar surface area (TPSA) is 98.8 Å². The molecule has 0 aromatic heterocycles. The van der Waals surface area contributed by atoms with Crippen LogP contribution in [0.1, 0.15) is 105 Å². The molecule has 4 amide bonds. The molecule has 0 aliphatic rings. The van der Waals surface area contributed by atoms with Crippen LogP contribution in [0, 0.1) is 39.3 Å². The van der Waals surface area contributed by atoms with Gasteiger partial charge < -0.3 is 0 Å². The smallest absolute Gasteiger partial charge is 0.267 e. The van der Waals surface area contributed by atoms with Gasteiger partial charge in [-0.05, 0) is 128 Å². The quantitative estimate of drug-likeness (QED) is 0.203. The van der Waals surface area contributed by atoms with Crippen LogP contribution in [0.4, 0.5) is 8.78 Å². The van der Waals surface area contributed by atoms with Gasteiger partial charge in [-0.15, -0.1) is 0 Å². The average Bonchev–Trinajstić information content (AvgIpc) is 3.06. The number of hydrogen-bond donors (Lipinski definition) is 2. The minimum absolute atomic E-state index is 0.161. The molecule has 8 nitrogen and oxygen atoms in total. The lowest BCUT2D eigenvalue weighted by molar-refractivity contribution is 0.0353. The SMILES string of the molecule is Cc1cccc(C(=O)NN(C(=O)c2cccc(Cl)c2Cl)C(C)(C)C)c1C.Cc1cccc(C(=O)NN(C(=O)c2cccc(F)c2F)C(C)(C)C)c1C. The minimum Gasteiger partial charge on any atom is -0.267 e. The second-order valence-corrected chi connectivity index (χ2v) is 15.0. The summed E-state index contributed by atoms with van der Waals surface area (Å²) in [6, 6.07) is 18.9. The molecule has 52 heavy (non-hydrogen) atoms. The fourth-order valence-corrected chi connectivity index (χ4v) is 5.32. The lowest BCUT2D eigenvalue weighted by Gasteiger charge is -2.36. The van der Waals surface area contributed by atoms with Gasteiger partial charge in [-0.2, -0.15) is 0 Å². The molecule has 0 aliphatic carbocycles. The number of hydrazine groups is 2. The van der Waals surface area contributed by atoms with Crippen molar-refractivity contribution in [2.75, 3.05) is 0 Å². The van der Waals surface area contributed by atoms with Crippen LogP contribution in [-0.4, -0.2) is 44.7 Å². The molecule has 0 fully saturated rings. The molecular formula is C40H44Cl2F2N4O4. The van der Waals surface area contributed by atoms with E-state index in [-0.39, 0.29) is 21.5 Å². The van der Waals surface area contributed by atoms with Crippen molar-refractivity contribution in [1.29, 1.82) is 0 Å². The summed E-state index contributed by atoms with van der Waals surface area (Å²) < 4.78 is 27.5. The monoisotopic (exact) mass is 752 g/mol. The molecular weight excluding hydrogens is 709 g/mol. The Balaban J connectivity index is 0.000000280. The molecule has 0 radical (unpaired) electrons. The van der Waals surface area contributed by atoms with Gasteiger partial charge in [0.25, 0.3) is 23.6 Å². The fourth-order valence-electron chi connectivity index (χ4n) is 4.94. The number of benzene rings is 4. The van der Waals surface area contributed by atoms with E-state index < -0.39 is 46.0 Å². The molecule has 12 heteroatoms. The lowest BCUT2D eigenvalue weighted by Crippen LogP contribution is -2.56. The molecule has 0 unspecified atom stereocenters. The molecule has 4 aromatic rings. The molecule has 0 spiro atoms. The summed E-state index contributed by atoms with van der Waals surface area (Å²) in [6.07, 6.45) is 0. The van der Waals surface area contributed by atoms with Gasteiger partial charge in [0.2, 0.25) is 0 Å². The standard InChI is InChI=1S/C20H22Cl2N2O2.C20H22F2N2O2/c2*1-12-8-6-9-14(13(12)2)18(25)23-24(20(3,4)5)19(26)15-10-7-11-16(21)17(15)22/h2*6-11H,1-5H3,(H,23,25). The van der Waals surface area contributed by atoms with Gasteiger partial charge in [0.05, 0.1) is 32.3 Å². The number of carbonyl (C=O) groups excluding carboxylic acids is 4. The molecule has 2 N–H and O–H groups in total. The van der Waals surface area contributed by atoms with Gasteiger partial charge in [-0.1, -0.05) is 59.6 Å². The number of aryl methyl sites for hydroxylation is 2. The second kappa shape index (κ2) is 16.7. The molecule has 0 saturated heterocycles. The number of carbonyl (C=O) groups is 4. The maximum absolute atomic E-state index is 14.0. The zero-order chi connectivity index (χ0) is 39.3. The van der Waals surface area contributed by atoms with Crippen LogP contribution in [0.3, 0.4) is 0 Å². The van der Waals surface area contributed by atoms with E-state index in [0.29, 0.717) is 11.1 Å². The van der Waals surface area contributed by atoms with E-state index in [1.54, 1.807) is 64.1 Å². The maximum Gasteiger partial charge on any atom is 0.275 e. The lowest BCUT2D eigenvalue weighted by atomic mass is 10.0. The minimum atomic E-state index is -1.24. The third-order valence-electron chi connectivity index (χ3n) is 8.24. The summed E-state index contributed by atoms with van der Waals surface area (Å²) in [7, 11) is 0. The third-order valence-corrected chi connectivity index (χ3v) is 9.06. The predicted octanol–water partition coefficient (Wildman–Crippen LogP) is 9.36. The Morgan fingerprint density at radius 2 is 0.923 bits per heavy atom. The number of rotatable bonds is 4. The highest BCUT2D eigenvalue weighted by molar-refractivity contribution is 6.43. The van der Waals surface area contributed by atoms with E-state index in [4.69, 9.17) is 23.2 Å². The molecule has 276 valence electrons. The van der Waals surface area contributed by atoms with Crippen molar-refractivity contribution in [1.82, 2.24) is 20.9 Å². The Kier molecular flexibility index (Phi) is 13.4. The Hall–Kier alpha value is -4.80. The second-order valence-electron chi connectivity index (χ2n) is 14.2. The van der Waals surface area contributed by atoms with Crippen LogP contribution < -0.4 is 10.9 Å². The van der Waals surface area contributed by atoms with Crippen molar-refractivity contribution in [2.24, 2.45) is 0 Å². The first-order chi connectivity index (χ1) is 24.1. The number of amides is 4. The van der Waals surface area contributed by atoms with Gasteiger partial charge in [0.1, 0.15) is 0 Å². The Labute approximate surface area is 314 Å². The molecule has 0 aliphatic heterocycles. The number of halogens is 4. The summed E-state index contributed by atoms with van der Waals surface area (Å²) >= 11 is 12.2. The largest absolute Gasteiger partial charge is 0.275 e. The van der Waals surface area contributed by atoms with Gasteiger partial charge in [-0.3, -0.25) is 30.0 Å². The summed E-state index contributed by atoms with van der Waals surface area (Å²) in [4.78, 5) is 51.3. The van der Waals surface area contributed by atoms with E-state index in [1.165, 1.54) is 17.1 Å². The zero-order valence-electron chi connectivity index (χ0n) is 31.0. The molecule has 4 rings (SSSR count). The number of hydrogen-bond acceptors (Lipinski definition) is 4. The van der Waals surface area contributed by atoms with Crippen LogP contribution >= 0.6 is 23.2 Å². The van der Waals surface area contributed by atoms with E-state index in [1.807, 2.05) is 59.7 Å². The third kappa shape index (κ3) is 9.74. The highest BCUT2D eigenvalue weighted by Gasteiger charge is 2.33. The zero-order valence-corrected chi connectivity index (χ0v) is 32.5. The first-order valence-electron chi connectivity index (χ1n) is 16.4. The van der Waals surface area contributed by atoms with Gasteiger partial charge >= 0.3 is 0 Å². The normalized spacial score (nSPS) is 11.2. The van der Waals surface area contributed by atoms with E-state index in [9.17, 15) is 28.0 Å². The number of nitrogens with one attached hydrogen (secondary N) is 2. The van der Waals surface area contributed by atoms with Gasteiger partial charge in [0.15, 0.2) is 11.6 Å². The van der Waals surface area contributed by atoms with Crippen LogP contribution in [0.25, 0.3) is 0 Å². The van der Waals surface area contributed by atoms with Crippen molar-refractivity contribution in [3.05, 3.63) is 139 Å². The van der Waals surface area contributed by atoms with Crippen LogP contribution in [-0.2, 0) is 0 Å². The van der Waals surface area contributed by atoms with E-state index >= 15 is 0 Å². The summed E-state index contributed by atoms with van der Waals surface area (Å²) in [5.74, 6) is -4.46. The predicted molar refractivity (Wildman–Crippen MR) is 201 cm³/mol. The van der Waals surface area contributed by atoms with Crippen molar-refractivity contribution in [3.63, 3.8) is 0 Å². The fraction of sp³-hybridized carbons (Fsp3) is 0.300. The van der Waals surface area contributed by atoms with E-state index in [0.717, 1.165) is 33.3 Å². The van der Waals surface area contributed by atoms with Crippen molar-refractivity contribution in [2.45, 2.75) is 80.3 Å². The van der Waals surface area contributed by atoms with Crippen molar-refractivity contribution >= 4 is 46.8 Å². The molecule has 0 heterocycles. The first-order valence-corrected chi connectivity index (χ1v) is 17.1. The average molecular weight is 754 g/mol. The molecule has 0 bridgehead atoms. The Morgan fingerprint density at radius 1 is 0.558 bits per heavy atom. The van der Waals surface area contributed by atoms with E-state index in [2.05, 4.69) is 10.9 Å². The molecule has 0 saturated carbocycles. The first kappa shape index (κ1) is 41.6. The highest BCUT2D eigenvalue weighted by Crippen LogP contribution is 2.28. The van der Waals surface area contributed by atoms with Crippen LogP contribution in [0.2, 0.25) is 10.0 Å². The molecule has 4 aromatic carbocycles. The van der Waals surface area contributed by atoms with Crippen molar-refractivity contribution in [3.8, 4) is 0 Å².